The fourth-order valence-corrected chi connectivity index (χ4v) is 4.42. The van der Waals surface area contributed by atoms with Crippen LogP contribution in [-0.4, -0.2) is 41.0 Å². The van der Waals surface area contributed by atoms with Gasteiger partial charge >= 0.3 is 0 Å². The molecular weight excluding hydrogens is 432 g/mol. The molecule has 1 aliphatic heterocycles. The lowest BCUT2D eigenvalue weighted by atomic mass is 9.92. The van der Waals surface area contributed by atoms with Crippen molar-refractivity contribution >= 4 is 14.4 Å². The molecule has 0 saturated carbocycles. The molecule has 0 amide bonds. The van der Waals surface area contributed by atoms with Crippen LogP contribution in [0.3, 0.4) is 0 Å². The fourth-order valence-electron chi connectivity index (χ4n) is 3.22. The normalized spacial score (nSPS) is 26.5. The van der Waals surface area contributed by atoms with Crippen LogP contribution in [0.25, 0.3) is 6.08 Å². The number of hydrogen-bond acceptors (Lipinski definition) is 5. The van der Waals surface area contributed by atoms with E-state index in [1.54, 1.807) is 7.11 Å². The van der Waals surface area contributed by atoms with Crippen molar-refractivity contribution < 1.29 is 23.1 Å². The average Bonchev–Trinajstić information content (AvgIpc) is 3.05. The van der Waals surface area contributed by atoms with E-state index in [4.69, 9.17) is 23.1 Å². The van der Waals surface area contributed by atoms with E-state index in [1.165, 1.54) is 0 Å². The topological polar surface area (TPSA) is 50.1 Å². The maximum absolute atomic E-state index is 6.81. The van der Waals surface area contributed by atoms with Gasteiger partial charge in [0.2, 0.25) is 0 Å². The van der Waals surface area contributed by atoms with Crippen LogP contribution in [0.15, 0.2) is 28.7 Å². The van der Waals surface area contributed by atoms with Crippen molar-refractivity contribution in [3.8, 4) is 11.8 Å². The minimum absolute atomic E-state index is 0.0391. The Bertz CT molecular complexity index is 896. The summed E-state index contributed by atoms with van der Waals surface area (Å²) in [6.07, 6.45) is 3.83. The molecule has 0 spiro atoms. The number of ether oxygens (including phenoxy) is 3. The Hall–Kier alpha value is -1.62. The number of rotatable bonds is 6. The Balaban J connectivity index is 2.55. The molecule has 1 aliphatic rings. The molecule has 1 aromatic heterocycles. The highest BCUT2D eigenvalue weighted by atomic mass is 28.4. The van der Waals surface area contributed by atoms with Crippen molar-refractivity contribution in [1.82, 2.24) is 0 Å². The second-order valence-corrected chi connectivity index (χ2v) is 15.5. The van der Waals surface area contributed by atoms with Gasteiger partial charge < -0.3 is 23.1 Å². The van der Waals surface area contributed by atoms with Gasteiger partial charge in [-0.15, -0.1) is 6.58 Å². The Morgan fingerprint density at radius 1 is 1.30 bits per heavy atom. The fraction of sp³-hybridized carbons (Fsp3) is 0.630. The summed E-state index contributed by atoms with van der Waals surface area (Å²) in [4.78, 5) is 0. The first kappa shape index (κ1) is 27.6. The van der Waals surface area contributed by atoms with Gasteiger partial charge in [0.05, 0.1) is 12.0 Å². The Kier molecular flexibility index (Phi) is 9.38. The molecule has 0 aliphatic carbocycles. The van der Waals surface area contributed by atoms with Crippen molar-refractivity contribution in [2.75, 3.05) is 20.5 Å². The third kappa shape index (κ3) is 7.70. The standard InChI is InChI=1S/C27H42O5Si/c1-11-27(7)13-12-23(32-33(9,10)26(4,5)6)24(30-19-28-8)15-20(2)14-22-16-21(3)25(31-22)17-29-18-27/h11,14,16,23-24H,1,15,17-19H2,2-10H3/b20-14-/t23?,24-,27?/m0/s1. The molecular formula is C27H42O5Si. The monoisotopic (exact) mass is 474 g/mol. The Morgan fingerprint density at radius 2 is 2.00 bits per heavy atom. The van der Waals surface area contributed by atoms with Crippen LogP contribution in [-0.2, 0) is 25.2 Å². The second-order valence-electron chi connectivity index (χ2n) is 10.7. The van der Waals surface area contributed by atoms with E-state index in [-0.39, 0.29) is 17.9 Å². The zero-order chi connectivity index (χ0) is 24.9. The first-order valence-corrected chi connectivity index (χ1v) is 14.5. The summed E-state index contributed by atoms with van der Waals surface area (Å²) in [5, 5.41) is 0.0391. The van der Waals surface area contributed by atoms with Gasteiger partial charge in [0.25, 0.3) is 0 Å². The summed E-state index contributed by atoms with van der Waals surface area (Å²) in [6.45, 7) is 22.3. The molecule has 184 valence electrons. The van der Waals surface area contributed by atoms with Crippen molar-refractivity contribution in [3.63, 3.8) is 0 Å². The van der Waals surface area contributed by atoms with E-state index in [9.17, 15) is 0 Å². The number of aryl methyl sites for hydroxylation is 1. The SMILES string of the molecule is C=CC1(C)C#CC(O[Si](C)(C)C(C)(C)C)[C@@H](OCOC)C/C(C)=C\c2cc(C)c(o2)COC1. The number of fused-ring (bicyclic) bond motifs is 2. The quantitative estimate of drug-likeness (QED) is 0.204. The maximum atomic E-state index is 6.81. The molecule has 2 bridgehead atoms. The van der Waals surface area contributed by atoms with Gasteiger partial charge in [-0.05, 0) is 63.0 Å². The van der Waals surface area contributed by atoms with E-state index in [1.807, 2.05) is 26.0 Å². The van der Waals surface area contributed by atoms with Crippen LogP contribution in [0.5, 0.6) is 0 Å². The van der Waals surface area contributed by atoms with Crippen LogP contribution >= 0.6 is 0 Å². The highest BCUT2D eigenvalue weighted by molar-refractivity contribution is 6.74. The predicted molar refractivity (Wildman–Crippen MR) is 136 cm³/mol. The van der Waals surface area contributed by atoms with Crippen molar-refractivity contribution in [2.24, 2.45) is 5.41 Å². The zero-order valence-electron chi connectivity index (χ0n) is 22.0. The van der Waals surface area contributed by atoms with Crippen LogP contribution in [0, 0.1) is 24.2 Å². The van der Waals surface area contributed by atoms with E-state index in [2.05, 4.69) is 65.3 Å². The molecule has 2 unspecified atom stereocenters. The number of furan rings is 1. The molecule has 5 nitrogen and oxygen atoms in total. The van der Waals surface area contributed by atoms with Crippen molar-refractivity contribution in [1.29, 1.82) is 0 Å². The first-order valence-electron chi connectivity index (χ1n) is 11.6. The molecule has 3 atom stereocenters. The molecule has 0 fully saturated rings. The van der Waals surface area contributed by atoms with Gasteiger partial charge in [0.15, 0.2) is 8.32 Å². The van der Waals surface area contributed by atoms with Gasteiger partial charge in [-0.3, -0.25) is 0 Å². The summed E-state index contributed by atoms with van der Waals surface area (Å²) in [7, 11) is -0.500. The van der Waals surface area contributed by atoms with Gasteiger partial charge in [0, 0.05) is 7.11 Å². The zero-order valence-corrected chi connectivity index (χ0v) is 23.0. The molecule has 2 heterocycles. The van der Waals surface area contributed by atoms with Crippen molar-refractivity contribution in [3.05, 3.63) is 41.4 Å². The molecule has 6 heteroatoms. The largest absolute Gasteiger partial charge is 0.459 e. The summed E-state index contributed by atoms with van der Waals surface area (Å²) < 4.78 is 30.2. The third-order valence-corrected chi connectivity index (χ3v) is 11.0. The smallest absolute Gasteiger partial charge is 0.193 e. The molecule has 0 N–H and O–H groups in total. The van der Waals surface area contributed by atoms with E-state index < -0.39 is 19.8 Å². The minimum atomic E-state index is -2.13. The number of hydrogen-bond donors (Lipinski definition) is 0. The van der Waals surface area contributed by atoms with Gasteiger partial charge in [-0.2, -0.15) is 0 Å². The summed E-state index contributed by atoms with van der Waals surface area (Å²) in [5.74, 6) is 8.45. The van der Waals surface area contributed by atoms with Crippen LogP contribution in [0.4, 0.5) is 0 Å². The first-order chi connectivity index (χ1) is 15.3. The Labute approximate surface area is 201 Å². The molecule has 0 aromatic carbocycles. The van der Waals surface area contributed by atoms with Crippen LogP contribution in [0.1, 0.15) is 58.1 Å². The average molecular weight is 475 g/mol. The molecule has 33 heavy (non-hydrogen) atoms. The van der Waals surface area contributed by atoms with Gasteiger partial charge in [0.1, 0.15) is 37.1 Å². The molecule has 0 radical (unpaired) electrons. The van der Waals surface area contributed by atoms with Gasteiger partial charge in [-0.1, -0.05) is 44.3 Å². The lowest BCUT2D eigenvalue weighted by Gasteiger charge is -2.40. The highest BCUT2D eigenvalue weighted by Gasteiger charge is 2.41. The molecule has 2 rings (SSSR count). The molecule has 0 saturated heterocycles. The lowest BCUT2D eigenvalue weighted by molar-refractivity contribution is -0.0967. The molecule has 1 aromatic rings. The Morgan fingerprint density at radius 3 is 2.61 bits per heavy atom. The minimum Gasteiger partial charge on any atom is -0.459 e. The lowest BCUT2D eigenvalue weighted by Crippen LogP contribution is -2.47. The summed E-state index contributed by atoms with van der Waals surface area (Å²) in [5.41, 5.74) is 1.66. The number of methoxy groups -OCH3 is 1. The predicted octanol–water partition coefficient (Wildman–Crippen LogP) is 6.49. The summed E-state index contributed by atoms with van der Waals surface area (Å²) >= 11 is 0. The second kappa shape index (κ2) is 11.2. The van der Waals surface area contributed by atoms with E-state index >= 15 is 0 Å². The van der Waals surface area contributed by atoms with E-state index in [0.717, 1.165) is 22.7 Å². The van der Waals surface area contributed by atoms with Crippen molar-refractivity contribution in [2.45, 2.75) is 84.9 Å². The van der Waals surface area contributed by atoms with Gasteiger partial charge in [-0.25, -0.2) is 0 Å². The highest BCUT2D eigenvalue weighted by Crippen LogP contribution is 2.38. The summed E-state index contributed by atoms with van der Waals surface area (Å²) in [6, 6.07) is 2.04. The van der Waals surface area contributed by atoms with Crippen LogP contribution < -0.4 is 0 Å². The maximum Gasteiger partial charge on any atom is 0.193 e. The third-order valence-electron chi connectivity index (χ3n) is 6.50. The van der Waals surface area contributed by atoms with Crippen LogP contribution in [0.2, 0.25) is 18.1 Å². The van der Waals surface area contributed by atoms with E-state index in [0.29, 0.717) is 19.6 Å².